The number of methoxy groups -OCH3 is 1. The molecule has 1 amide bonds. The number of nitrogens with zero attached hydrogens (tertiary/aromatic N) is 2. The van der Waals surface area contributed by atoms with Crippen LogP contribution in [0.2, 0.25) is 0 Å². The first-order chi connectivity index (χ1) is 11.8. The molecule has 0 N–H and O–H groups in total. The second-order valence-electron chi connectivity index (χ2n) is 5.90. The van der Waals surface area contributed by atoms with E-state index in [0.717, 1.165) is 0 Å². The van der Waals surface area contributed by atoms with Crippen molar-refractivity contribution in [3.63, 3.8) is 0 Å². The number of esters is 1. The van der Waals surface area contributed by atoms with Gasteiger partial charge >= 0.3 is 5.97 Å². The second-order valence-corrected chi connectivity index (χ2v) is 5.90. The molecule has 1 rings (SSSR count). The molecule has 1 heterocycles. The molecule has 0 radical (unpaired) electrons. The van der Waals surface area contributed by atoms with Crippen LogP contribution in [0.5, 0.6) is 0 Å². The standard InChI is InChI=1S/C18H28N2O5/c1-7-25-10-8-9-20(14(4)21)11-15(22)16-12(2)17(18(23)24-6)19(5)13(16)3/h7-11H2,1-6H3. The molecule has 0 saturated heterocycles. The summed E-state index contributed by atoms with van der Waals surface area (Å²) < 4.78 is 11.7. The van der Waals surface area contributed by atoms with Crippen molar-refractivity contribution in [2.45, 2.75) is 34.1 Å². The van der Waals surface area contributed by atoms with E-state index in [2.05, 4.69) is 0 Å². The SMILES string of the molecule is CCOCCCN(CC(=O)c1c(C)c(C(=O)OC)n(C)c1C)C(C)=O. The van der Waals surface area contributed by atoms with E-state index in [0.29, 0.717) is 48.7 Å². The van der Waals surface area contributed by atoms with E-state index in [1.165, 1.54) is 18.9 Å². The number of rotatable bonds is 9. The predicted octanol–water partition coefficient (Wildman–Crippen LogP) is 1.89. The molecule has 0 fully saturated rings. The number of ether oxygens (including phenoxy) is 2. The van der Waals surface area contributed by atoms with Crippen LogP contribution in [0.15, 0.2) is 0 Å². The lowest BCUT2D eigenvalue weighted by Gasteiger charge is -2.20. The van der Waals surface area contributed by atoms with Crippen LogP contribution in [0.3, 0.4) is 0 Å². The van der Waals surface area contributed by atoms with Crippen molar-refractivity contribution in [2.75, 3.05) is 33.4 Å². The van der Waals surface area contributed by atoms with Gasteiger partial charge in [0.05, 0.1) is 13.7 Å². The van der Waals surface area contributed by atoms with Gasteiger partial charge in [0.1, 0.15) is 5.69 Å². The van der Waals surface area contributed by atoms with E-state index < -0.39 is 5.97 Å². The molecule has 0 aliphatic heterocycles. The summed E-state index contributed by atoms with van der Waals surface area (Å²) in [5.74, 6) is -0.834. The summed E-state index contributed by atoms with van der Waals surface area (Å²) >= 11 is 0. The maximum atomic E-state index is 12.8. The molecule has 7 nitrogen and oxygen atoms in total. The van der Waals surface area contributed by atoms with Crippen molar-refractivity contribution in [2.24, 2.45) is 7.05 Å². The lowest BCUT2D eigenvalue weighted by molar-refractivity contribution is -0.128. The minimum absolute atomic E-state index is 0.0201. The maximum Gasteiger partial charge on any atom is 0.354 e. The van der Waals surface area contributed by atoms with Crippen molar-refractivity contribution in [3.8, 4) is 0 Å². The summed E-state index contributed by atoms with van der Waals surface area (Å²) in [7, 11) is 3.03. The fourth-order valence-corrected chi connectivity index (χ4v) is 2.88. The second kappa shape index (κ2) is 9.36. The highest BCUT2D eigenvalue weighted by molar-refractivity contribution is 6.04. The molecule has 0 aromatic carbocycles. The van der Waals surface area contributed by atoms with Crippen molar-refractivity contribution in [3.05, 3.63) is 22.5 Å². The predicted molar refractivity (Wildman–Crippen MR) is 93.9 cm³/mol. The van der Waals surface area contributed by atoms with Crippen LogP contribution >= 0.6 is 0 Å². The van der Waals surface area contributed by atoms with Gasteiger partial charge < -0.3 is 18.9 Å². The van der Waals surface area contributed by atoms with Crippen molar-refractivity contribution >= 4 is 17.7 Å². The summed E-state index contributed by atoms with van der Waals surface area (Å²) in [6, 6.07) is 0. The molecule has 0 saturated carbocycles. The van der Waals surface area contributed by atoms with E-state index in [1.807, 2.05) is 6.92 Å². The zero-order valence-electron chi connectivity index (χ0n) is 16.0. The molecule has 25 heavy (non-hydrogen) atoms. The fourth-order valence-electron chi connectivity index (χ4n) is 2.88. The first kappa shape index (κ1) is 20.9. The van der Waals surface area contributed by atoms with Crippen LogP contribution in [-0.4, -0.2) is 60.5 Å². The Morgan fingerprint density at radius 1 is 1.20 bits per heavy atom. The molecule has 0 atom stereocenters. The Morgan fingerprint density at radius 3 is 2.36 bits per heavy atom. The number of ketones is 1. The summed E-state index contributed by atoms with van der Waals surface area (Å²) in [4.78, 5) is 38.0. The molecular weight excluding hydrogens is 324 g/mol. The third-order valence-electron chi connectivity index (χ3n) is 4.29. The molecule has 0 bridgehead atoms. The van der Waals surface area contributed by atoms with Gasteiger partial charge in [-0.05, 0) is 32.8 Å². The lowest BCUT2D eigenvalue weighted by atomic mass is 10.1. The first-order valence-electron chi connectivity index (χ1n) is 8.36. The van der Waals surface area contributed by atoms with Gasteiger partial charge in [-0.25, -0.2) is 4.79 Å². The van der Waals surface area contributed by atoms with E-state index in [-0.39, 0.29) is 18.2 Å². The number of carbonyl (C=O) groups excluding carboxylic acids is 3. The van der Waals surface area contributed by atoms with Crippen LogP contribution in [0.4, 0.5) is 0 Å². The molecule has 140 valence electrons. The quantitative estimate of drug-likeness (QED) is 0.385. The molecule has 1 aromatic rings. The van der Waals surface area contributed by atoms with E-state index in [9.17, 15) is 14.4 Å². The van der Waals surface area contributed by atoms with Gasteiger partial charge in [0, 0.05) is 45.0 Å². The molecular formula is C18H28N2O5. The minimum Gasteiger partial charge on any atom is -0.464 e. The van der Waals surface area contributed by atoms with Crippen LogP contribution < -0.4 is 0 Å². The fraction of sp³-hybridized carbons (Fsp3) is 0.611. The average Bonchev–Trinajstić information content (AvgIpc) is 2.79. The lowest BCUT2D eigenvalue weighted by Crippen LogP contribution is -2.35. The summed E-state index contributed by atoms with van der Waals surface area (Å²) in [6.07, 6.45) is 0.668. The van der Waals surface area contributed by atoms with Crippen molar-refractivity contribution in [1.29, 1.82) is 0 Å². The van der Waals surface area contributed by atoms with Gasteiger partial charge in [-0.1, -0.05) is 0 Å². The third kappa shape index (κ3) is 4.92. The Hall–Kier alpha value is -2.15. The van der Waals surface area contributed by atoms with Gasteiger partial charge in [-0.3, -0.25) is 9.59 Å². The zero-order chi connectivity index (χ0) is 19.1. The highest BCUT2D eigenvalue weighted by atomic mass is 16.5. The van der Waals surface area contributed by atoms with Gasteiger partial charge in [0.15, 0.2) is 5.78 Å². The van der Waals surface area contributed by atoms with Gasteiger partial charge in [0.25, 0.3) is 0 Å². The Morgan fingerprint density at radius 2 is 1.84 bits per heavy atom. The molecule has 0 aliphatic carbocycles. The number of amides is 1. The van der Waals surface area contributed by atoms with Crippen LogP contribution in [0.1, 0.15) is 52.4 Å². The maximum absolute atomic E-state index is 12.8. The van der Waals surface area contributed by atoms with E-state index >= 15 is 0 Å². The van der Waals surface area contributed by atoms with E-state index in [1.54, 1.807) is 25.5 Å². The highest BCUT2D eigenvalue weighted by Crippen LogP contribution is 2.22. The zero-order valence-corrected chi connectivity index (χ0v) is 16.0. The van der Waals surface area contributed by atoms with Crippen LogP contribution in [-0.2, 0) is 21.3 Å². The number of Topliss-reactive ketones (excluding diaryl/α,β-unsaturated/α-hetero) is 1. The van der Waals surface area contributed by atoms with Crippen molar-refractivity contribution in [1.82, 2.24) is 9.47 Å². The van der Waals surface area contributed by atoms with Crippen molar-refractivity contribution < 1.29 is 23.9 Å². The molecule has 1 aromatic heterocycles. The highest BCUT2D eigenvalue weighted by Gasteiger charge is 2.26. The Bertz CT molecular complexity index is 648. The Labute approximate surface area is 148 Å². The largest absolute Gasteiger partial charge is 0.464 e. The number of carbonyl (C=O) groups is 3. The summed E-state index contributed by atoms with van der Waals surface area (Å²) in [5, 5.41) is 0. The summed E-state index contributed by atoms with van der Waals surface area (Å²) in [6.45, 7) is 8.45. The van der Waals surface area contributed by atoms with Crippen LogP contribution in [0, 0.1) is 13.8 Å². The molecule has 0 aliphatic rings. The molecule has 7 heteroatoms. The Balaban J connectivity index is 2.98. The Kier molecular flexibility index (Phi) is 7.83. The van der Waals surface area contributed by atoms with Gasteiger partial charge in [-0.15, -0.1) is 0 Å². The third-order valence-corrected chi connectivity index (χ3v) is 4.29. The molecule has 0 spiro atoms. The van der Waals surface area contributed by atoms with Gasteiger partial charge in [0.2, 0.25) is 5.91 Å². The number of hydrogen-bond acceptors (Lipinski definition) is 5. The van der Waals surface area contributed by atoms with E-state index in [4.69, 9.17) is 9.47 Å². The number of aromatic nitrogens is 1. The summed E-state index contributed by atoms with van der Waals surface area (Å²) in [5.41, 5.74) is 2.09. The normalized spacial score (nSPS) is 10.6. The average molecular weight is 352 g/mol. The smallest absolute Gasteiger partial charge is 0.354 e. The minimum atomic E-state index is -0.484. The van der Waals surface area contributed by atoms with Crippen LogP contribution in [0.25, 0.3) is 0 Å². The first-order valence-corrected chi connectivity index (χ1v) is 8.36. The topological polar surface area (TPSA) is 77.8 Å². The van der Waals surface area contributed by atoms with Gasteiger partial charge in [-0.2, -0.15) is 0 Å². The number of hydrogen-bond donors (Lipinski definition) is 0. The molecule has 0 unspecified atom stereocenters. The monoisotopic (exact) mass is 352 g/mol.